The van der Waals surface area contributed by atoms with Gasteiger partial charge in [-0.3, -0.25) is 4.98 Å². The van der Waals surface area contributed by atoms with Crippen LogP contribution in [0.2, 0.25) is 0 Å². The highest BCUT2D eigenvalue weighted by molar-refractivity contribution is 5.04. The number of rotatable bonds is 5. The minimum absolute atomic E-state index is 0.670. The Morgan fingerprint density at radius 1 is 1.41 bits per heavy atom. The van der Waals surface area contributed by atoms with Gasteiger partial charge in [0.1, 0.15) is 0 Å². The molecule has 0 aliphatic heterocycles. The van der Waals surface area contributed by atoms with Crippen LogP contribution in [0.4, 0.5) is 0 Å². The van der Waals surface area contributed by atoms with Crippen LogP contribution in [0.25, 0.3) is 0 Å². The van der Waals surface area contributed by atoms with Crippen LogP contribution in [0, 0.1) is 0 Å². The Morgan fingerprint density at radius 3 is 3.00 bits per heavy atom. The summed E-state index contributed by atoms with van der Waals surface area (Å²) in [6.45, 7) is 1.10. The number of pyridine rings is 1. The van der Waals surface area contributed by atoms with Crippen molar-refractivity contribution in [3.63, 3.8) is 0 Å². The summed E-state index contributed by atoms with van der Waals surface area (Å²) < 4.78 is 0. The first-order valence-electron chi connectivity index (χ1n) is 6.58. The zero-order valence-electron chi connectivity index (χ0n) is 10.9. The fourth-order valence-corrected chi connectivity index (χ4v) is 2.81. The number of hydrogen-bond acceptors (Lipinski definition) is 3. The third kappa shape index (κ3) is 3.27. The van der Waals surface area contributed by atoms with Crippen molar-refractivity contribution in [1.82, 2.24) is 15.2 Å². The second-order valence-corrected chi connectivity index (χ2v) is 4.95. The van der Waals surface area contributed by atoms with Crippen LogP contribution in [-0.4, -0.2) is 42.6 Å². The Kier molecular flexibility index (Phi) is 4.51. The van der Waals surface area contributed by atoms with Gasteiger partial charge in [-0.2, -0.15) is 0 Å². The van der Waals surface area contributed by atoms with Crippen LogP contribution in [-0.2, 0) is 6.42 Å². The van der Waals surface area contributed by atoms with Gasteiger partial charge in [0.25, 0.3) is 0 Å². The summed E-state index contributed by atoms with van der Waals surface area (Å²) in [5.74, 6) is 0. The highest BCUT2D eigenvalue weighted by Gasteiger charge is 2.28. The fraction of sp³-hybridized carbons (Fsp3) is 0.643. The van der Waals surface area contributed by atoms with Gasteiger partial charge in [-0.15, -0.1) is 0 Å². The second kappa shape index (κ2) is 6.12. The van der Waals surface area contributed by atoms with E-state index in [0.717, 1.165) is 13.0 Å². The lowest BCUT2D eigenvalue weighted by Gasteiger charge is -2.29. The molecule has 1 saturated carbocycles. The van der Waals surface area contributed by atoms with Crippen molar-refractivity contribution in [2.45, 2.75) is 37.8 Å². The molecule has 1 aromatic rings. The van der Waals surface area contributed by atoms with E-state index in [0.29, 0.717) is 12.1 Å². The van der Waals surface area contributed by atoms with E-state index < -0.39 is 0 Å². The molecule has 0 saturated heterocycles. The Labute approximate surface area is 104 Å². The molecule has 94 valence electrons. The molecule has 1 heterocycles. The molecule has 3 nitrogen and oxygen atoms in total. The topological polar surface area (TPSA) is 28.2 Å². The lowest BCUT2D eigenvalue weighted by atomic mass is 10.1. The molecule has 1 aliphatic rings. The Bertz CT molecular complexity index is 325. The number of likely N-dealkylation sites (N-methyl/N-ethyl adjacent to an activating group) is 2. The third-order valence-corrected chi connectivity index (χ3v) is 3.86. The molecule has 1 N–H and O–H groups in total. The van der Waals surface area contributed by atoms with Crippen LogP contribution >= 0.6 is 0 Å². The first-order chi connectivity index (χ1) is 8.31. The maximum absolute atomic E-state index is 4.37. The minimum atomic E-state index is 0.670. The van der Waals surface area contributed by atoms with Gasteiger partial charge in [0.2, 0.25) is 0 Å². The summed E-state index contributed by atoms with van der Waals surface area (Å²) in [5, 5.41) is 3.44. The van der Waals surface area contributed by atoms with Gasteiger partial charge in [0, 0.05) is 36.9 Å². The standard InChI is InChI=1S/C14H23N3/c1-15-13-7-5-8-14(13)17(2)11-9-12-6-3-4-10-16-12/h3-4,6,10,13-15H,5,7-9,11H2,1-2H3. The minimum Gasteiger partial charge on any atom is -0.315 e. The van der Waals surface area contributed by atoms with E-state index in [1.807, 2.05) is 12.3 Å². The van der Waals surface area contributed by atoms with Gasteiger partial charge < -0.3 is 10.2 Å². The average molecular weight is 233 g/mol. The van der Waals surface area contributed by atoms with Crippen molar-refractivity contribution in [3.8, 4) is 0 Å². The third-order valence-electron chi connectivity index (χ3n) is 3.86. The quantitative estimate of drug-likeness (QED) is 0.839. The molecule has 2 rings (SSSR count). The average Bonchev–Trinajstić information content (AvgIpc) is 2.85. The molecular weight excluding hydrogens is 210 g/mol. The van der Waals surface area contributed by atoms with Crippen molar-refractivity contribution in [3.05, 3.63) is 30.1 Å². The summed E-state index contributed by atoms with van der Waals surface area (Å²) in [4.78, 5) is 6.86. The van der Waals surface area contributed by atoms with Crippen molar-refractivity contribution >= 4 is 0 Å². The normalized spacial score (nSPS) is 24.4. The van der Waals surface area contributed by atoms with Gasteiger partial charge in [0.05, 0.1) is 0 Å². The molecule has 3 heteroatoms. The van der Waals surface area contributed by atoms with Crippen LogP contribution in [0.3, 0.4) is 0 Å². The first kappa shape index (κ1) is 12.5. The molecule has 0 bridgehead atoms. The van der Waals surface area contributed by atoms with E-state index in [1.165, 1.54) is 25.0 Å². The number of hydrogen-bond donors (Lipinski definition) is 1. The smallest absolute Gasteiger partial charge is 0.0416 e. The maximum atomic E-state index is 4.37. The van der Waals surface area contributed by atoms with Gasteiger partial charge in [-0.05, 0) is 39.1 Å². The van der Waals surface area contributed by atoms with E-state index >= 15 is 0 Å². The maximum Gasteiger partial charge on any atom is 0.0416 e. The molecule has 2 unspecified atom stereocenters. The van der Waals surface area contributed by atoms with Gasteiger partial charge in [-0.25, -0.2) is 0 Å². The molecule has 1 aromatic heterocycles. The zero-order valence-corrected chi connectivity index (χ0v) is 10.9. The van der Waals surface area contributed by atoms with E-state index in [2.05, 4.69) is 41.4 Å². The summed E-state index contributed by atoms with van der Waals surface area (Å²) in [5.41, 5.74) is 1.19. The van der Waals surface area contributed by atoms with Crippen molar-refractivity contribution in [2.75, 3.05) is 20.6 Å². The summed E-state index contributed by atoms with van der Waals surface area (Å²) in [6, 6.07) is 7.51. The monoisotopic (exact) mass is 233 g/mol. The molecule has 2 atom stereocenters. The molecule has 0 radical (unpaired) electrons. The van der Waals surface area contributed by atoms with Gasteiger partial charge in [-0.1, -0.05) is 12.5 Å². The zero-order chi connectivity index (χ0) is 12.1. The Balaban J connectivity index is 1.83. The van der Waals surface area contributed by atoms with E-state index in [9.17, 15) is 0 Å². The number of nitrogens with zero attached hydrogens (tertiary/aromatic N) is 2. The summed E-state index contributed by atoms with van der Waals surface area (Å²) in [7, 11) is 4.32. The summed E-state index contributed by atoms with van der Waals surface area (Å²) in [6.07, 6.45) is 6.91. The molecule has 1 fully saturated rings. The largest absolute Gasteiger partial charge is 0.315 e. The lowest BCUT2D eigenvalue weighted by Crippen LogP contribution is -2.44. The summed E-state index contributed by atoms with van der Waals surface area (Å²) >= 11 is 0. The van der Waals surface area contributed by atoms with Crippen LogP contribution < -0.4 is 5.32 Å². The number of nitrogens with one attached hydrogen (secondary N) is 1. The molecule has 0 amide bonds. The second-order valence-electron chi connectivity index (χ2n) is 4.95. The van der Waals surface area contributed by atoms with Gasteiger partial charge >= 0.3 is 0 Å². The van der Waals surface area contributed by atoms with Gasteiger partial charge in [0.15, 0.2) is 0 Å². The van der Waals surface area contributed by atoms with Crippen molar-refractivity contribution in [2.24, 2.45) is 0 Å². The Morgan fingerprint density at radius 2 is 2.29 bits per heavy atom. The van der Waals surface area contributed by atoms with Crippen LogP contribution in [0.5, 0.6) is 0 Å². The number of aromatic nitrogens is 1. The lowest BCUT2D eigenvalue weighted by molar-refractivity contribution is 0.217. The van der Waals surface area contributed by atoms with Crippen LogP contribution in [0.1, 0.15) is 25.0 Å². The van der Waals surface area contributed by atoms with E-state index in [1.54, 1.807) is 0 Å². The highest BCUT2D eigenvalue weighted by Crippen LogP contribution is 2.23. The molecule has 0 spiro atoms. The predicted octanol–water partition coefficient (Wildman–Crippen LogP) is 1.70. The molecule has 17 heavy (non-hydrogen) atoms. The highest BCUT2D eigenvalue weighted by atomic mass is 15.2. The Hall–Kier alpha value is -0.930. The molecule has 1 aliphatic carbocycles. The fourth-order valence-electron chi connectivity index (χ4n) is 2.81. The first-order valence-corrected chi connectivity index (χ1v) is 6.58. The van der Waals surface area contributed by atoms with E-state index in [4.69, 9.17) is 0 Å². The molecular formula is C14H23N3. The molecule has 0 aromatic carbocycles. The van der Waals surface area contributed by atoms with E-state index in [-0.39, 0.29) is 0 Å². The SMILES string of the molecule is CNC1CCCC1N(C)CCc1ccccn1. The predicted molar refractivity (Wildman–Crippen MR) is 71.1 cm³/mol. The van der Waals surface area contributed by atoms with Crippen molar-refractivity contribution in [1.29, 1.82) is 0 Å². The van der Waals surface area contributed by atoms with Crippen molar-refractivity contribution < 1.29 is 0 Å². The van der Waals surface area contributed by atoms with Crippen LogP contribution in [0.15, 0.2) is 24.4 Å².